The van der Waals surface area contributed by atoms with Gasteiger partial charge in [-0.2, -0.15) is 0 Å². The van der Waals surface area contributed by atoms with E-state index < -0.39 is 5.97 Å². The van der Waals surface area contributed by atoms with Crippen molar-refractivity contribution in [2.75, 3.05) is 5.73 Å². The summed E-state index contributed by atoms with van der Waals surface area (Å²) in [6.07, 6.45) is 7.02. The average molecular weight is 240 g/mol. The van der Waals surface area contributed by atoms with E-state index in [4.69, 9.17) is 10.8 Å². The molecule has 0 aromatic carbocycles. The van der Waals surface area contributed by atoms with Gasteiger partial charge in [0.2, 0.25) is 0 Å². The van der Waals surface area contributed by atoms with Crippen LogP contribution in [0.25, 0.3) is 0 Å². The Morgan fingerprint density at radius 3 is 2.50 bits per heavy atom. The third-order valence-electron chi connectivity index (χ3n) is 3.10. The first-order chi connectivity index (χ1) is 7.68. The highest BCUT2D eigenvalue weighted by atomic mass is 32.1. The molecule has 2 rings (SSSR count). The first-order valence-corrected chi connectivity index (χ1v) is 6.49. The van der Waals surface area contributed by atoms with Crippen molar-refractivity contribution >= 4 is 22.4 Å². The van der Waals surface area contributed by atoms with Crippen molar-refractivity contribution in [1.82, 2.24) is 4.98 Å². The summed E-state index contributed by atoms with van der Waals surface area (Å²) < 4.78 is 0. The van der Waals surface area contributed by atoms with Gasteiger partial charge in [0, 0.05) is 4.88 Å². The van der Waals surface area contributed by atoms with E-state index in [-0.39, 0.29) is 5.69 Å². The van der Waals surface area contributed by atoms with E-state index in [1.807, 2.05) is 0 Å². The zero-order valence-corrected chi connectivity index (χ0v) is 9.92. The number of aromatic carboxylic acids is 1. The molecule has 1 aliphatic rings. The Morgan fingerprint density at radius 2 is 1.94 bits per heavy atom. The summed E-state index contributed by atoms with van der Waals surface area (Å²) in [5.74, 6) is -0.601. The third-order valence-corrected chi connectivity index (χ3v) is 4.15. The molecule has 0 saturated heterocycles. The maximum atomic E-state index is 11.1. The van der Waals surface area contributed by atoms with E-state index in [2.05, 4.69) is 4.98 Å². The second-order valence-corrected chi connectivity index (χ2v) is 5.32. The number of thiazole rings is 1. The zero-order valence-electron chi connectivity index (χ0n) is 9.11. The van der Waals surface area contributed by atoms with Gasteiger partial charge in [-0.3, -0.25) is 0 Å². The van der Waals surface area contributed by atoms with Crippen LogP contribution >= 0.6 is 11.3 Å². The number of carboxylic acid groups (broad SMARTS) is 1. The molecule has 0 atom stereocenters. The fourth-order valence-corrected chi connectivity index (χ4v) is 3.31. The Kier molecular flexibility index (Phi) is 3.43. The highest BCUT2D eigenvalue weighted by molar-refractivity contribution is 7.15. The van der Waals surface area contributed by atoms with Crippen LogP contribution in [0.3, 0.4) is 0 Å². The van der Waals surface area contributed by atoms with Crippen molar-refractivity contribution in [2.45, 2.75) is 44.4 Å². The van der Waals surface area contributed by atoms with Crippen molar-refractivity contribution in [1.29, 1.82) is 0 Å². The topological polar surface area (TPSA) is 76.2 Å². The van der Waals surface area contributed by atoms with Crippen LogP contribution in [0.15, 0.2) is 0 Å². The lowest BCUT2D eigenvalue weighted by molar-refractivity contribution is 0.0689. The maximum absolute atomic E-state index is 11.1. The van der Waals surface area contributed by atoms with E-state index in [1.165, 1.54) is 37.0 Å². The lowest BCUT2D eigenvalue weighted by Gasteiger charge is -2.11. The van der Waals surface area contributed by atoms with Gasteiger partial charge in [-0.25, -0.2) is 9.78 Å². The maximum Gasteiger partial charge on any atom is 0.355 e. The summed E-state index contributed by atoms with van der Waals surface area (Å²) in [5, 5.41) is 9.44. The summed E-state index contributed by atoms with van der Waals surface area (Å²) in [5.41, 5.74) is 5.78. The van der Waals surface area contributed by atoms with Crippen molar-refractivity contribution in [3.8, 4) is 0 Å². The van der Waals surface area contributed by atoms with E-state index in [0.717, 1.165) is 17.7 Å². The molecule has 1 fully saturated rings. The van der Waals surface area contributed by atoms with Crippen LogP contribution in [0, 0.1) is 0 Å². The number of carboxylic acids is 1. The molecule has 1 saturated carbocycles. The molecular formula is C11H16N2O2S. The summed E-state index contributed by atoms with van der Waals surface area (Å²) >= 11 is 1.34. The number of hydrogen-bond donors (Lipinski definition) is 2. The van der Waals surface area contributed by atoms with Gasteiger partial charge < -0.3 is 10.8 Å². The van der Waals surface area contributed by atoms with Gasteiger partial charge in [-0.05, 0) is 18.8 Å². The monoisotopic (exact) mass is 240 g/mol. The molecule has 4 nitrogen and oxygen atoms in total. The molecule has 0 amide bonds. The smallest absolute Gasteiger partial charge is 0.355 e. The minimum absolute atomic E-state index is 0.175. The number of carbonyl (C=O) groups is 1. The van der Waals surface area contributed by atoms with Gasteiger partial charge in [-0.15, -0.1) is 11.3 Å². The van der Waals surface area contributed by atoms with Crippen molar-refractivity contribution < 1.29 is 9.90 Å². The Hall–Kier alpha value is -1.10. The zero-order chi connectivity index (χ0) is 11.5. The molecule has 16 heavy (non-hydrogen) atoms. The van der Waals surface area contributed by atoms with E-state index in [1.54, 1.807) is 0 Å². The summed E-state index contributed by atoms with van der Waals surface area (Å²) in [6, 6.07) is 0. The van der Waals surface area contributed by atoms with Crippen LogP contribution in [0.1, 0.15) is 59.8 Å². The fraction of sp³-hybridized carbons (Fsp3) is 0.636. The molecule has 0 aliphatic heterocycles. The quantitative estimate of drug-likeness (QED) is 0.779. The number of aromatic nitrogens is 1. The molecule has 1 aromatic heterocycles. The summed E-state index contributed by atoms with van der Waals surface area (Å²) in [6.45, 7) is 0. The highest BCUT2D eigenvalue weighted by Crippen LogP contribution is 2.37. The Labute approximate surface area is 98.5 Å². The van der Waals surface area contributed by atoms with Crippen LogP contribution < -0.4 is 5.73 Å². The molecule has 0 spiro atoms. The fourth-order valence-electron chi connectivity index (χ4n) is 2.32. The minimum Gasteiger partial charge on any atom is -0.476 e. The lowest BCUT2D eigenvalue weighted by atomic mass is 9.97. The number of rotatable bonds is 2. The van der Waals surface area contributed by atoms with Crippen LogP contribution in [0.5, 0.6) is 0 Å². The third kappa shape index (κ3) is 2.35. The second-order valence-electron chi connectivity index (χ2n) is 4.26. The molecule has 0 bridgehead atoms. The standard InChI is InChI=1S/C11H16N2O2S/c12-11-13-8(10(14)15)9(16-11)7-5-3-1-2-4-6-7/h7H,1-6H2,(H2,12,13)(H,14,15). The van der Waals surface area contributed by atoms with Gasteiger partial charge in [-0.1, -0.05) is 25.7 Å². The predicted octanol–water partition coefficient (Wildman–Crippen LogP) is 2.86. The molecular weight excluding hydrogens is 224 g/mol. The van der Waals surface area contributed by atoms with Crippen LogP contribution in [-0.4, -0.2) is 16.1 Å². The number of nitrogens with zero attached hydrogens (tertiary/aromatic N) is 1. The second kappa shape index (κ2) is 4.82. The van der Waals surface area contributed by atoms with Gasteiger partial charge >= 0.3 is 5.97 Å². The molecule has 88 valence electrons. The first kappa shape index (κ1) is 11.4. The molecule has 0 radical (unpaired) electrons. The van der Waals surface area contributed by atoms with Crippen molar-refractivity contribution in [2.24, 2.45) is 0 Å². The van der Waals surface area contributed by atoms with Crippen LogP contribution in [0.2, 0.25) is 0 Å². The summed E-state index contributed by atoms with van der Waals surface area (Å²) in [4.78, 5) is 15.8. The number of nitrogen functional groups attached to an aromatic ring is 1. The Morgan fingerprint density at radius 1 is 1.31 bits per heavy atom. The average Bonchev–Trinajstić information content (AvgIpc) is 2.49. The number of hydrogen-bond acceptors (Lipinski definition) is 4. The molecule has 0 unspecified atom stereocenters. The Balaban J connectivity index is 2.26. The first-order valence-electron chi connectivity index (χ1n) is 5.68. The van der Waals surface area contributed by atoms with Crippen molar-refractivity contribution in [3.05, 3.63) is 10.6 Å². The number of nitrogens with two attached hydrogens (primary N) is 1. The molecule has 5 heteroatoms. The largest absolute Gasteiger partial charge is 0.476 e. The highest BCUT2D eigenvalue weighted by Gasteiger charge is 2.24. The Bertz CT molecular complexity index is 381. The minimum atomic E-state index is -0.952. The normalized spacial score (nSPS) is 18.2. The molecule has 3 N–H and O–H groups in total. The molecule has 1 aromatic rings. The molecule has 1 aliphatic carbocycles. The van der Waals surface area contributed by atoms with Crippen LogP contribution in [-0.2, 0) is 0 Å². The van der Waals surface area contributed by atoms with Crippen molar-refractivity contribution in [3.63, 3.8) is 0 Å². The van der Waals surface area contributed by atoms with E-state index >= 15 is 0 Å². The van der Waals surface area contributed by atoms with E-state index in [0.29, 0.717) is 11.0 Å². The molecule has 1 heterocycles. The van der Waals surface area contributed by atoms with Crippen LogP contribution in [0.4, 0.5) is 5.13 Å². The van der Waals surface area contributed by atoms with Gasteiger partial charge in [0.1, 0.15) is 0 Å². The SMILES string of the molecule is Nc1nc(C(=O)O)c(C2CCCCCC2)s1. The van der Waals surface area contributed by atoms with Gasteiger partial charge in [0.15, 0.2) is 10.8 Å². The number of anilines is 1. The predicted molar refractivity (Wildman–Crippen MR) is 63.9 cm³/mol. The van der Waals surface area contributed by atoms with Gasteiger partial charge in [0.25, 0.3) is 0 Å². The lowest BCUT2D eigenvalue weighted by Crippen LogP contribution is -2.05. The van der Waals surface area contributed by atoms with E-state index in [9.17, 15) is 4.79 Å². The van der Waals surface area contributed by atoms with Gasteiger partial charge in [0.05, 0.1) is 0 Å². The summed E-state index contributed by atoms with van der Waals surface area (Å²) in [7, 11) is 0.